The van der Waals surface area contributed by atoms with Crippen LogP contribution in [0, 0.1) is 0 Å². The van der Waals surface area contributed by atoms with Crippen LogP contribution in [0.3, 0.4) is 0 Å². The van der Waals surface area contributed by atoms with E-state index in [0.29, 0.717) is 12.0 Å². The molecule has 1 atom stereocenters. The summed E-state index contributed by atoms with van der Waals surface area (Å²) in [5, 5.41) is 5.91. The number of hydrogen-bond acceptors (Lipinski definition) is 3. The van der Waals surface area contributed by atoms with Crippen molar-refractivity contribution in [3.8, 4) is 0 Å². The highest BCUT2D eigenvalue weighted by Crippen LogP contribution is 2.18. The molecule has 0 aliphatic rings. The van der Waals surface area contributed by atoms with E-state index >= 15 is 0 Å². The van der Waals surface area contributed by atoms with Gasteiger partial charge in [0.25, 0.3) is 5.91 Å². The van der Waals surface area contributed by atoms with E-state index < -0.39 is 0 Å². The Hall–Kier alpha value is -3.93. The van der Waals surface area contributed by atoms with Gasteiger partial charge in [-0.05, 0) is 54.8 Å². The number of fused-ring (bicyclic) bond motifs is 1. The van der Waals surface area contributed by atoms with Gasteiger partial charge in [0, 0.05) is 24.1 Å². The Morgan fingerprint density at radius 3 is 2.45 bits per heavy atom. The van der Waals surface area contributed by atoms with Crippen molar-refractivity contribution < 1.29 is 9.59 Å². The first-order valence-corrected chi connectivity index (χ1v) is 11.2. The fraction of sp³-hybridized carbons (Fsp3) is 0.222. The van der Waals surface area contributed by atoms with Gasteiger partial charge in [-0.3, -0.25) is 9.59 Å². The molecule has 6 nitrogen and oxygen atoms in total. The molecule has 4 rings (SSSR count). The lowest BCUT2D eigenvalue weighted by atomic mass is 10.1. The molecular formula is C27H28N4O2. The number of rotatable bonds is 8. The predicted octanol–water partition coefficient (Wildman–Crippen LogP) is 5.19. The zero-order valence-corrected chi connectivity index (χ0v) is 18.9. The van der Waals surface area contributed by atoms with Crippen molar-refractivity contribution in [1.82, 2.24) is 15.3 Å². The Kier molecular flexibility index (Phi) is 6.83. The van der Waals surface area contributed by atoms with Crippen molar-refractivity contribution >= 4 is 28.5 Å². The van der Waals surface area contributed by atoms with Gasteiger partial charge in [-0.1, -0.05) is 49.4 Å². The number of benzene rings is 3. The van der Waals surface area contributed by atoms with Gasteiger partial charge in [-0.15, -0.1) is 0 Å². The second-order valence-electron chi connectivity index (χ2n) is 8.12. The van der Waals surface area contributed by atoms with Crippen LogP contribution in [-0.4, -0.2) is 21.8 Å². The fourth-order valence-electron chi connectivity index (χ4n) is 3.69. The number of anilines is 1. The van der Waals surface area contributed by atoms with Crippen molar-refractivity contribution in [1.29, 1.82) is 0 Å². The number of aromatic amines is 1. The van der Waals surface area contributed by atoms with Crippen LogP contribution in [0.2, 0.25) is 0 Å². The zero-order chi connectivity index (χ0) is 23.2. The number of aromatic nitrogens is 2. The first-order valence-electron chi connectivity index (χ1n) is 11.2. The van der Waals surface area contributed by atoms with E-state index in [0.717, 1.165) is 41.0 Å². The summed E-state index contributed by atoms with van der Waals surface area (Å²) in [6.45, 7) is 3.81. The van der Waals surface area contributed by atoms with Crippen LogP contribution in [0.4, 0.5) is 5.69 Å². The minimum Gasteiger partial charge on any atom is -0.346 e. The number of nitrogens with zero attached hydrogens (tertiary/aromatic N) is 1. The van der Waals surface area contributed by atoms with Crippen LogP contribution in [0.15, 0.2) is 72.8 Å². The third-order valence-corrected chi connectivity index (χ3v) is 5.65. The Labute approximate surface area is 193 Å². The maximum atomic E-state index is 12.7. The molecule has 0 saturated heterocycles. The Morgan fingerprint density at radius 1 is 0.970 bits per heavy atom. The van der Waals surface area contributed by atoms with E-state index in [1.165, 1.54) is 5.56 Å². The second kappa shape index (κ2) is 10.1. The molecule has 0 spiro atoms. The lowest BCUT2D eigenvalue weighted by Crippen LogP contribution is -2.26. The number of amides is 2. The highest BCUT2D eigenvalue weighted by Gasteiger charge is 2.13. The van der Waals surface area contributed by atoms with E-state index in [4.69, 9.17) is 0 Å². The molecule has 168 valence electrons. The predicted molar refractivity (Wildman–Crippen MR) is 131 cm³/mol. The van der Waals surface area contributed by atoms with E-state index in [1.54, 1.807) is 0 Å². The first-order chi connectivity index (χ1) is 16.0. The highest BCUT2D eigenvalue weighted by atomic mass is 16.2. The number of imidazole rings is 1. The van der Waals surface area contributed by atoms with Crippen molar-refractivity contribution in [2.75, 3.05) is 5.32 Å². The number of H-pyrrole nitrogens is 1. The molecule has 0 saturated carbocycles. The zero-order valence-electron chi connectivity index (χ0n) is 18.9. The minimum absolute atomic E-state index is 0.00704. The lowest BCUT2D eigenvalue weighted by Gasteiger charge is -2.14. The average molecular weight is 441 g/mol. The molecule has 0 fully saturated rings. The molecule has 1 heterocycles. The molecule has 3 N–H and O–H groups in total. The van der Waals surface area contributed by atoms with Crippen LogP contribution in [0.5, 0.6) is 0 Å². The fourth-order valence-corrected chi connectivity index (χ4v) is 3.69. The van der Waals surface area contributed by atoms with Crippen molar-refractivity contribution in [3.05, 3.63) is 95.3 Å². The average Bonchev–Trinajstić information content (AvgIpc) is 3.26. The molecule has 2 amide bonds. The third kappa shape index (κ3) is 5.66. The molecule has 0 bridgehead atoms. The van der Waals surface area contributed by atoms with Gasteiger partial charge in [-0.25, -0.2) is 4.98 Å². The quantitative estimate of drug-likeness (QED) is 0.352. The number of hydrogen-bond donors (Lipinski definition) is 3. The first kappa shape index (κ1) is 22.3. The van der Waals surface area contributed by atoms with E-state index in [-0.39, 0.29) is 17.9 Å². The minimum atomic E-state index is -0.111. The van der Waals surface area contributed by atoms with Gasteiger partial charge >= 0.3 is 0 Å². The standard InChI is InChI=1S/C27H28N4O2/c1-3-26(32)29-22-13-9-19(10-14-22)11-16-25-30-23-15-12-21(17-24(23)31-25)27(33)28-18(2)20-7-5-4-6-8-20/h4-10,12-15,17-18H,3,11,16H2,1-2H3,(H,28,33)(H,29,32)(H,30,31)/t18-/m1/s1. The summed E-state index contributed by atoms with van der Waals surface area (Å²) in [6.07, 6.45) is 2.04. The van der Waals surface area contributed by atoms with Gasteiger partial charge in [0.05, 0.1) is 17.1 Å². The molecule has 0 aliphatic carbocycles. The summed E-state index contributed by atoms with van der Waals surface area (Å²) < 4.78 is 0. The van der Waals surface area contributed by atoms with Crippen LogP contribution in [0.25, 0.3) is 11.0 Å². The maximum Gasteiger partial charge on any atom is 0.251 e. The number of nitrogens with one attached hydrogen (secondary N) is 3. The maximum absolute atomic E-state index is 12.7. The molecule has 3 aromatic carbocycles. The topological polar surface area (TPSA) is 86.9 Å². The normalized spacial score (nSPS) is 11.8. The van der Waals surface area contributed by atoms with E-state index in [9.17, 15) is 9.59 Å². The SMILES string of the molecule is CCC(=O)Nc1ccc(CCc2nc3ccc(C(=O)N[C@H](C)c4ccccc4)cc3[nH]2)cc1. The lowest BCUT2D eigenvalue weighted by molar-refractivity contribution is -0.115. The summed E-state index contributed by atoms with van der Waals surface area (Å²) in [4.78, 5) is 32.2. The Balaban J connectivity index is 1.38. The molecule has 0 aliphatic heterocycles. The van der Waals surface area contributed by atoms with Crippen molar-refractivity contribution in [2.45, 2.75) is 39.2 Å². The van der Waals surface area contributed by atoms with Crippen LogP contribution >= 0.6 is 0 Å². The van der Waals surface area contributed by atoms with Crippen molar-refractivity contribution in [2.24, 2.45) is 0 Å². The molecule has 33 heavy (non-hydrogen) atoms. The molecule has 0 unspecified atom stereocenters. The van der Waals surface area contributed by atoms with Crippen LogP contribution in [-0.2, 0) is 17.6 Å². The van der Waals surface area contributed by atoms with Crippen LogP contribution in [0.1, 0.15) is 53.6 Å². The van der Waals surface area contributed by atoms with Gasteiger partial charge in [0.2, 0.25) is 5.91 Å². The summed E-state index contributed by atoms with van der Waals surface area (Å²) >= 11 is 0. The van der Waals surface area contributed by atoms with Gasteiger partial charge < -0.3 is 15.6 Å². The number of carbonyl (C=O) groups is 2. The van der Waals surface area contributed by atoms with Crippen LogP contribution < -0.4 is 10.6 Å². The van der Waals surface area contributed by atoms with Gasteiger partial charge in [0.15, 0.2) is 0 Å². The second-order valence-corrected chi connectivity index (χ2v) is 8.12. The van der Waals surface area contributed by atoms with E-state index in [1.807, 2.05) is 86.6 Å². The third-order valence-electron chi connectivity index (χ3n) is 5.65. The summed E-state index contributed by atoms with van der Waals surface area (Å²) in [6, 6.07) is 23.2. The molecular weight excluding hydrogens is 412 g/mol. The molecule has 6 heteroatoms. The summed E-state index contributed by atoms with van der Waals surface area (Å²) in [7, 11) is 0. The molecule has 1 aromatic heterocycles. The Morgan fingerprint density at radius 2 is 1.73 bits per heavy atom. The van der Waals surface area contributed by atoms with E-state index in [2.05, 4.69) is 20.6 Å². The van der Waals surface area contributed by atoms with Gasteiger partial charge in [-0.2, -0.15) is 0 Å². The highest BCUT2D eigenvalue weighted by molar-refractivity contribution is 5.97. The largest absolute Gasteiger partial charge is 0.346 e. The monoisotopic (exact) mass is 440 g/mol. The smallest absolute Gasteiger partial charge is 0.251 e. The molecule has 4 aromatic rings. The Bertz CT molecular complexity index is 1250. The van der Waals surface area contributed by atoms with Gasteiger partial charge in [0.1, 0.15) is 5.82 Å². The molecule has 0 radical (unpaired) electrons. The number of carbonyl (C=O) groups excluding carboxylic acids is 2. The number of aryl methyl sites for hydroxylation is 2. The summed E-state index contributed by atoms with van der Waals surface area (Å²) in [5.41, 5.74) is 5.33. The summed E-state index contributed by atoms with van der Waals surface area (Å²) in [5.74, 6) is 0.774. The van der Waals surface area contributed by atoms with Crippen molar-refractivity contribution in [3.63, 3.8) is 0 Å².